The zero-order valence-corrected chi connectivity index (χ0v) is 11.7. The number of carbonyl (C=O) groups excluding carboxylic acids is 1. The average molecular weight is 288 g/mol. The first-order valence-corrected chi connectivity index (χ1v) is 6.24. The molecule has 0 saturated carbocycles. The lowest BCUT2D eigenvalue weighted by Gasteiger charge is -2.17. The van der Waals surface area contributed by atoms with Crippen molar-refractivity contribution in [2.24, 2.45) is 0 Å². The van der Waals surface area contributed by atoms with Gasteiger partial charge in [0.1, 0.15) is 5.75 Å². The van der Waals surface area contributed by atoms with Gasteiger partial charge in [-0.25, -0.2) is 0 Å². The second-order valence-corrected chi connectivity index (χ2v) is 4.42. The summed E-state index contributed by atoms with van der Waals surface area (Å²) in [6.07, 6.45) is 0.419. The van der Waals surface area contributed by atoms with E-state index in [1.165, 1.54) is 14.2 Å². The molecule has 0 aromatic heterocycles. The van der Waals surface area contributed by atoms with E-state index in [0.29, 0.717) is 29.4 Å². The van der Waals surface area contributed by atoms with Crippen LogP contribution in [0.3, 0.4) is 0 Å². The topological polar surface area (TPSA) is 67.8 Å². The maximum absolute atomic E-state index is 12.1. The van der Waals surface area contributed by atoms with E-state index in [4.69, 9.17) is 26.2 Å². The lowest BCUT2D eigenvalue weighted by atomic mass is 10.1. The number of aliphatic hydroxyl groups is 1. The minimum absolute atomic E-state index is 0.0268. The summed E-state index contributed by atoms with van der Waals surface area (Å²) in [7, 11) is 3.02. The van der Waals surface area contributed by atoms with Crippen molar-refractivity contribution in [3.05, 3.63) is 28.8 Å². The van der Waals surface area contributed by atoms with E-state index in [9.17, 15) is 4.79 Å². The molecule has 0 bridgehead atoms. The molecule has 0 aliphatic rings. The third kappa shape index (κ3) is 4.70. The van der Waals surface area contributed by atoms with Crippen molar-refractivity contribution in [2.45, 2.75) is 12.5 Å². The summed E-state index contributed by atoms with van der Waals surface area (Å²) in [6.45, 7) is 0.302. The molecule has 1 amide bonds. The molecule has 0 saturated heterocycles. The smallest absolute Gasteiger partial charge is 0.255 e. The zero-order valence-electron chi connectivity index (χ0n) is 11.0. The molecule has 0 aliphatic carbocycles. The molecular formula is C13H18ClNO4. The molecule has 1 aromatic rings. The third-order valence-electron chi connectivity index (χ3n) is 2.59. The molecular weight excluding hydrogens is 270 g/mol. The Hall–Kier alpha value is -1.30. The summed E-state index contributed by atoms with van der Waals surface area (Å²) in [5.74, 6) is 0.136. The summed E-state index contributed by atoms with van der Waals surface area (Å²) >= 11 is 5.88. The van der Waals surface area contributed by atoms with E-state index in [2.05, 4.69) is 5.32 Å². The number of rotatable bonds is 7. The van der Waals surface area contributed by atoms with Crippen LogP contribution in [0.15, 0.2) is 18.2 Å². The molecule has 2 N–H and O–H groups in total. The Morgan fingerprint density at radius 2 is 2.21 bits per heavy atom. The second kappa shape index (κ2) is 7.99. The Morgan fingerprint density at radius 1 is 1.47 bits per heavy atom. The first kappa shape index (κ1) is 15.8. The molecule has 0 radical (unpaired) electrons. The normalized spacial score (nSPS) is 12.0. The van der Waals surface area contributed by atoms with Crippen molar-refractivity contribution in [1.82, 2.24) is 5.32 Å². The van der Waals surface area contributed by atoms with Crippen molar-refractivity contribution >= 4 is 17.5 Å². The molecule has 0 spiro atoms. The highest BCUT2D eigenvalue weighted by molar-refractivity contribution is 6.31. The van der Waals surface area contributed by atoms with Crippen LogP contribution in [-0.2, 0) is 4.74 Å². The van der Waals surface area contributed by atoms with Gasteiger partial charge in [0.15, 0.2) is 0 Å². The number of halogens is 1. The summed E-state index contributed by atoms with van der Waals surface area (Å²) in [5.41, 5.74) is 0.356. The van der Waals surface area contributed by atoms with Gasteiger partial charge in [0.05, 0.1) is 25.3 Å². The monoisotopic (exact) mass is 287 g/mol. The van der Waals surface area contributed by atoms with Crippen LogP contribution in [0.2, 0.25) is 5.02 Å². The maximum Gasteiger partial charge on any atom is 0.255 e. The van der Waals surface area contributed by atoms with Crippen LogP contribution in [0.5, 0.6) is 5.75 Å². The van der Waals surface area contributed by atoms with Crippen molar-refractivity contribution in [2.75, 3.05) is 27.4 Å². The highest BCUT2D eigenvalue weighted by Gasteiger charge is 2.17. The molecule has 1 unspecified atom stereocenters. The van der Waals surface area contributed by atoms with Gasteiger partial charge in [0, 0.05) is 18.7 Å². The SMILES string of the molecule is COCC(CCO)NC(=O)c1cc(Cl)ccc1OC. The van der Waals surface area contributed by atoms with E-state index in [1.807, 2.05) is 0 Å². The first-order chi connectivity index (χ1) is 9.12. The van der Waals surface area contributed by atoms with Gasteiger partial charge in [-0.1, -0.05) is 11.6 Å². The van der Waals surface area contributed by atoms with Gasteiger partial charge in [0.2, 0.25) is 0 Å². The van der Waals surface area contributed by atoms with Crippen LogP contribution in [0.4, 0.5) is 0 Å². The summed E-state index contributed by atoms with van der Waals surface area (Å²) in [4.78, 5) is 12.1. The largest absolute Gasteiger partial charge is 0.496 e. The fourth-order valence-corrected chi connectivity index (χ4v) is 1.85. The molecule has 0 aliphatic heterocycles. The first-order valence-electron chi connectivity index (χ1n) is 5.86. The van der Waals surface area contributed by atoms with E-state index >= 15 is 0 Å². The number of hydrogen-bond acceptors (Lipinski definition) is 4. The molecule has 0 heterocycles. The van der Waals surface area contributed by atoms with Gasteiger partial charge in [-0.3, -0.25) is 4.79 Å². The van der Waals surface area contributed by atoms with Crippen molar-refractivity contribution in [3.63, 3.8) is 0 Å². The van der Waals surface area contributed by atoms with Crippen molar-refractivity contribution < 1.29 is 19.4 Å². The molecule has 6 heteroatoms. The second-order valence-electron chi connectivity index (χ2n) is 3.98. The van der Waals surface area contributed by atoms with Gasteiger partial charge in [-0.05, 0) is 24.6 Å². The molecule has 0 fully saturated rings. The number of ether oxygens (including phenoxy) is 2. The van der Waals surface area contributed by atoms with E-state index in [-0.39, 0.29) is 18.6 Å². The molecule has 1 rings (SSSR count). The van der Waals surface area contributed by atoms with Crippen LogP contribution in [0.1, 0.15) is 16.8 Å². The summed E-state index contributed by atoms with van der Waals surface area (Å²) in [6, 6.07) is 4.57. The Bertz CT molecular complexity index is 419. The maximum atomic E-state index is 12.1. The number of carbonyl (C=O) groups is 1. The lowest BCUT2D eigenvalue weighted by molar-refractivity contribution is 0.0876. The Morgan fingerprint density at radius 3 is 2.79 bits per heavy atom. The predicted molar refractivity (Wildman–Crippen MR) is 72.8 cm³/mol. The molecule has 5 nitrogen and oxygen atoms in total. The molecule has 106 valence electrons. The molecule has 1 atom stereocenters. The average Bonchev–Trinajstić information content (AvgIpc) is 2.39. The highest BCUT2D eigenvalue weighted by Crippen LogP contribution is 2.22. The van der Waals surface area contributed by atoms with Crippen LogP contribution >= 0.6 is 11.6 Å². The van der Waals surface area contributed by atoms with E-state index in [0.717, 1.165) is 0 Å². The number of aliphatic hydroxyl groups excluding tert-OH is 1. The Labute approximate surface area is 117 Å². The minimum atomic E-state index is -0.310. The number of methoxy groups -OCH3 is 2. The fourth-order valence-electron chi connectivity index (χ4n) is 1.67. The zero-order chi connectivity index (χ0) is 14.3. The predicted octanol–water partition coefficient (Wildman–Crippen LogP) is 1.48. The lowest BCUT2D eigenvalue weighted by Crippen LogP contribution is -2.38. The van der Waals surface area contributed by atoms with Gasteiger partial charge in [-0.15, -0.1) is 0 Å². The quantitative estimate of drug-likeness (QED) is 0.797. The molecule has 1 aromatic carbocycles. The van der Waals surface area contributed by atoms with E-state index < -0.39 is 0 Å². The molecule has 19 heavy (non-hydrogen) atoms. The Kier molecular flexibility index (Phi) is 6.62. The van der Waals surface area contributed by atoms with Crippen molar-refractivity contribution in [3.8, 4) is 5.75 Å². The number of hydrogen-bond donors (Lipinski definition) is 2. The van der Waals surface area contributed by atoms with Crippen molar-refractivity contribution in [1.29, 1.82) is 0 Å². The summed E-state index contributed by atoms with van der Waals surface area (Å²) < 4.78 is 10.1. The number of nitrogens with one attached hydrogen (secondary N) is 1. The fraction of sp³-hybridized carbons (Fsp3) is 0.462. The summed E-state index contributed by atoms with van der Waals surface area (Å²) in [5, 5.41) is 12.2. The van der Waals surface area contributed by atoms with Crippen LogP contribution in [0, 0.1) is 0 Å². The third-order valence-corrected chi connectivity index (χ3v) is 2.82. The van der Waals surface area contributed by atoms with Gasteiger partial charge < -0.3 is 19.9 Å². The van der Waals surface area contributed by atoms with Gasteiger partial charge in [0.25, 0.3) is 5.91 Å². The van der Waals surface area contributed by atoms with Crippen LogP contribution in [-0.4, -0.2) is 44.5 Å². The number of benzene rings is 1. The highest BCUT2D eigenvalue weighted by atomic mass is 35.5. The minimum Gasteiger partial charge on any atom is -0.496 e. The van der Waals surface area contributed by atoms with Gasteiger partial charge >= 0.3 is 0 Å². The van der Waals surface area contributed by atoms with Crippen LogP contribution < -0.4 is 10.1 Å². The van der Waals surface area contributed by atoms with E-state index in [1.54, 1.807) is 18.2 Å². The number of amides is 1. The van der Waals surface area contributed by atoms with Crippen LogP contribution in [0.25, 0.3) is 0 Å². The Balaban J connectivity index is 2.83. The van der Waals surface area contributed by atoms with Gasteiger partial charge in [-0.2, -0.15) is 0 Å². The standard InChI is InChI=1S/C13H18ClNO4/c1-18-8-10(5-6-16)15-13(17)11-7-9(14)3-4-12(11)19-2/h3-4,7,10,16H,5-6,8H2,1-2H3,(H,15,17).